The number of hydrogen-bond acceptors (Lipinski definition) is 7. The molecule has 8 heteroatoms. The fraction of sp³-hybridized carbons (Fsp3) is 0.348. The third kappa shape index (κ3) is 4.05. The highest BCUT2D eigenvalue weighted by Gasteiger charge is 2.23. The molecule has 0 saturated carbocycles. The van der Waals surface area contributed by atoms with Crippen LogP contribution in [-0.2, 0) is 0 Å². The molecule has 1 aliphatic rings. The van der Waals surface area contributed by atoms with Crippen LogP contribution in [0.1, 0.15) is 38.3 Å². The summed E-state index contributed by atoms with van der Waals surface area (Å²) in [4.78, 5) is 20.0. The van der Waals surface area contributed by atoms with Gasteiger partial charge in [0.25, 0.3) is 0 Å². The number of piperidine rings is 1. The van der Waals surface area contributed by atoms with Gasteiger partial charge < -0.3 is 9.64 Å². The number of aromatic nitrogens is 6. The second-order valence-corrected chi connectivity index (χ2v) is 8.10. The normalized spacial score (nSPS) is 15.0. The smallest absolute Gasteiger partial charge is 0.214 e. The van der Waals surface area contributed by atoms with Crippen molar-refractivity contribution in [2.24, 2.45) is 0 Å². The van der Waals surface area contributed by atoms with E-state index in [0.717, 1.165) is 59.6 Å². The second-order valence-electron chi connectivity index (χ2n) is 8.10. The van der Waals surface area contributed by atoms with Crippen molar-refractivity contribution in [1.29, 1.82) is 0 Å². The minimum atomic E-state index is 0.0672. The zero-order valence-corrected chi connectivity index (χ0v) is 17.7. The molecule has 158 valence electrons. The van der Waals surface area contributed by atoms with Crippen molar-refractivity contribution in [3.63, 3.8) is 0 Å². The summed E-state index contributed by atoms with van der Waals surface area (Å²) in [6.07, 6.45) is 11.1. The maximum atomic E-state index is 5.77. The van der Waals surface area contributed by atoms with Gasteiger partial charge in [0.05, 0.1) is 23.5 Å². The van der Waals surface area contributed by atoms with E-state index in [1.54, 1.807) is 18.6 Å². The molecule has 5 heterocycles. The number of anilines is 1. The van der Waals surface area contributed by atoms with Crippen molar-refractivity contribution in [3.8, 4) is 17.1 Å². The third-order valence-electron chi connectivity index (χ3n) is 5.62. The van der Waals surface area contributed by atoms with E-state index in [9.17, 15) is 0 Å². The van der Waals surface area contributed by atoms with Crippen molar-refractivity contribution in [1.82, 2.24) is 30.1 Å². The van der Waals surface area contributed by atoms with E-state index in [2.05, 4.69) is 41.1 Å². The highest BCUT2D eigenvalue weighted by molar-refractivity contribution is 5.93. The summed E-state index contributed by atoms with van der Waals surface area (Å²) in [5.74, 6) is 2.03. The van der Waals surface area contributed by atoms with E-state index < -0.39 is 0 Å². The van der Waals surface area contributed by atoms with Gasteiger partial charge in [-0.3, -0.25) is 15.1 Å². The molecule has 0 radical (unpaired) electrons. The van der Waals surface area contributed by atoms with Crippen LogP contribution < -0.4 is 9.64 Å². The van der Waals surface area contributed by atoms with Crippen LogP contribution in [0.3, 0.4) is 0 Å². The van der Waals surface area contributed by atoms with Crippen LogP contribution >= 0.6 is 0 Å². The predicted molar refractivity (Wildman–Crippen MR) is 119 cm³/mol. The molecule has 5 rings (SSSR count). The van der Waals surface area contributed by atoms with Gasteiger partial charge in [-0.2, -0.15) is 5.10 Å². The maximum absolute atomic E-state index is 5.77. The van der Waals surface area contributed by atoms with Crippen LogP contribution in [0.25, 0.3) is 22.2 Å². The summed E-state index contributed by atoms with van der Waals surface area (Å²) in [6, 6.07) is 6.05. The topological polar surface area (TPSA) is 92.7 Å². The molecule has 8 nitrogen and oxygen atoms in total. The number of H-pyrrole nitrogens is 1. The number of hydrogen-bond donors (Lipinski definition) is 1. The Morgan fingerprint density at radius 3 is 2.68 bits per heavy atom. The molecule has 1 saturated heterocycles. The number of ether oxygens (including phenoxy) is 1. The Morgan fingerprint density at radius 1 is 1.03 bits per heavy atom. The standard InChI is InChI=1S/C23H25N7O/c1-15(2)31-22-12-18-20(14-27-22)28-29-23(18)17-3-6-26-21(11-17)30-9-4-16(5-10-30)19-13-24-7-8-25-19/h3,6-8,11-16H,4-5,9-10H2,1-2H3,(H,28,29). The summed E-state index contributed by atoms with van der Waals surface area (Å²) in [5.41, 5.74) is 3.87. The van der Waals surface area contributed by atoms with E-state index in [1.165, 1.54) is 0 Å². The Kier molecular flexibility index (Phi) is 5.19. The van der Waals surface area contributed by atoms with E-state index >= 15 is 0 Å². The molecule has 0 atom stereocenters. The molecule has 0 spiro atoms. The number of nitrogens with zero attached hydrogens (tertiary/aromatic N) is 6. The minimum absolute atomic E-state index is 0.0672. The fourth-order valence-corrected chi connectivity index (χ4v) is 4.09. The van der Waals surface area contributed by atoms with Gasteiger partial charge >= 0.3 is 0 Å². The van der Waals surface area contributed by atoms with Gasteiger partial charge in [0, 0.05) is 60.8 Å². The number of pyridine rings is 2. The summed E-state index contributed by atoms with van der Waals surface area (Å²) in [7, 11) is 0. The van der Waals surface area contributed by atoms with E-state index in [4.69, 9.17) is 4.74 Å². The first-order valence-corrected chi connectivity index (χ1v) is 10.7. The van der Waals surface area contributed by atoms with Crippen molar-refractivity contribution in [2.45, 2.75) is 38.7 Å². The van der Waals surface area contributed by atoms with Gasteiger partial charge in [-0.25, -0.2) is 9.97 Å². The van der Waals surface area contributed by atoms with Crippen molar-refractivity contribution in [2.75, 3.05) is 18.0 Å². The first-order chi connectivity index (χ1) is 15.2. The molecule has 0 bridgehead atoms. The Labute approximate surface area is 180 Å². The summed E-state index contributed by atoms with van der Waals surface area (Å²) in [5, 5.41) is 8.61. The molecular formula is C23H25N7O. The van der Waals surface area contributed by atoms with Crippen molar-refractivity contribution >= 4 is 16.7 Å². The first-order valence-electron chi connectivity index (χ1n) is 10.7. The third-order valence-corrected chi connectivity index (χ3v) is 5.62. The summed E-state index contributed by atoms with van der Waals surface area (Å²) in [6.45, 7) is 5.86. The SMILES string of the molecule is CC(C)Oc1cc2c(-c3ccnc(N4CCC(c5cnccn5)CC4)c3)n[nH]c2cn1. The zero-order valence-electron chi connectivity index (χ0n) is 17.7. The van der Waals surface area contributed by atoms with Crippen LogP contribution in [0.15, 0.2) is 49.2 Å². The largest absolute Gasteiger partial charge is 0.475 e. The Bertz CT molecular complexity index is 1170. The molecule has 1 aliphatic heterocycles. The lowest BCUT2D eigenvalue weighted by molar-refractivity contribution is 0.233. The highest BCUT2D eigenvalue weighted by atomic mass is 16.5. The molecule has 0 aliphatic carbocycles. The molecule has 0 unspecified atom stereocenters. The molecule has 31 heavy (non-hydrogen) atoms. The van der Waals surface area contributed by atoms with Gasteiger partial charge in [-0.15, -0.1) is 0 Å². The molecule has 1 N–H and O–H groups in total. The fourth-order valence-electron chi connectivity index (χ4n) is 4.09. The maximum Gasteiger partial charge on any atom is 0.214 e. The zero-order chi connectivity index (χ0) is 21.2. The molecule has 4 aromatic heterocycles. The minimum Gasteiger partial charge on any atom is -0.475 e. The Hall–Kier alpha value is -3.55. The Balaban J connectivity index is 1.37. The summed E-state index contributed by atoms with van der Waals surface area (Å²) < 4.78 is 5.77. The quantitative estimate of drug-likeness (QED) is 0.527. The van der Waals surface area contributed by atoms with E-state index in [-0.39, 0.29) is 6.10 Å². The molecule has 1 fully saturated rings. The van der Waals surface area contributed by atoms with Crippen molar-refractivity contribution in [3.05, 3.63) is 54.9 Å². The first kappa shape index (κ1) is 19.4. The van der Waals surface area contributed by atoms with E-state index in [0.29, 0.717) is 11.8 Å². The van der Waals surface area contributed by atoms with Crippen LogP contribution in [0.4, 0.5) is 5.82 Å². The number of nitrogens with one attached hydrogen (secondary N) is 1. The monoisotopic (exact) mass is 415 g/mol. The lowest BCUT2D eigenvalue weighted by atomic mass is 9.94. The second kappa shape index (κ2) is 8.29. The number of fused-ring (bicyclic) bond motifs is 1. The van der Waals surface area contributed by atoms with Gasteiger partial charge in [0.15, 0.2) is 0 Å². The van der Waals surface area contributed by atoms with E-state index in [1.807, 2.05) is 38.4 Å². The van der Waals surface area contributed by atoms with Gasteiger partial charge in [0.1, 0.15) is 11.5 Å². The average molecular weight is 416 g/mol. The molecule has 4 aromatic rings. The van der Waals surface area contributed by atoms with Gasteiger partial charge in [-0.1, -0.05) is 0 Å². The molecule has 0 aromatic carbocycles. The van der Waals surface area contributed by atoms with Crippen LogP contribution in [-0.4, -0.2) is 49.3 Å². The van der Waals surface area contributed by atoms with Crippen LogP contribution in [0.5, 0.6) is 5.88 Å². The van der Waals surface area contributed by atoms with Crippen LogP contribution in [0, 0.1) is 0 Å². The van der Waals surface area contributed by atoms with Crippen molar-refractivity contribution < 1.29 is 4.74 Å². The van der Waals surface area contributed by atoms with Crippen LogP contribution in [0.2, 0.25) is 0 Å². The summed E-state index contributed by atoms with van der Waals surface area (Å²) >= 11 is 0. The lowest BCUT2D eigenvalue weighted by Gasteiger charge is -2.32. The van der Waals surface area contributed by atoms with Gasteiger partial charge in [0.2, 0.25) is 5.88 Å². The lowest BCUT2D eigenvalue weighted by Crippen LogP contribution is -2.33. The molecule has 0 amide bonds. The molecular weight excluding hydrogens is 390 g/mol. The number of aromatic amines is 1. The Morgan fingerprint density at radius 2 is 1.90 bits per heavy atom. The highest BCUT2D eigenvalue weighted by Crippen LogP contribution is 2.32. The number of rotatable bonds is 5. The predicted octanol–water partition coefficient (Wildman–Crippen LogP) is 3.98. The average Bonchev–Trinajstić information content (AvgIpc) is 3.23. The van der Waals surface area contributed by atoms with Gasteiger partial charge in [-0.05, 0) is 38.8 Å².